The second-order valence-electron chi connectivity index (χ2n) is 7.98. The number of nitrogens with zero attached hydrogens (tertiary/aromatic N) is 6. The maximum absolute atomic E-state index is 11.9. The molecule has 0 aliphatic carbocycles. The van der Waals surface area contributed by atoms with Crippen LogP contribution in [0.3, 0.4) is 0 Å². The molecule has 0 unspecified atom stereocenters. The fourth-order valence-electron chi connectivity index (χ4n) is 3.29. The van der Waals surface area contributed by atoms with Gasteiger partial charge < -0.3 is 25.0 Å². The smallest absolute Gasteiger partial charge is 0.243 e. The molecule has 1 saturated heterocycles. The first-order valence-electron chi connectivity index (χ1n) is 10.8. The molecule has 0 bridgehead atoms. The van der Waals surface area contributed by atoms with Crippen LogP contribution >= 0.6 is 0 Å². The fraction of sp³-hybridized carbons (Fsp3) is 0.800. The number of carbonyl (C=O) groups excluding carboxylic acids is 1. The SMILES string of the molecule is CCc1nncn1CCNC(=NCC(=O)N(C)C)NCCCN1CCC(C)CC1. The average molecular weight is 407 g/mol. The van der Waals surface area contributed by atoms with Crippen molar-refractivity contribution in [3.05, 3.63) is 12.2 Å². The van der Waals surface area contributed by atoms with Crippen molar-refractivity contribution in [2.45, 2.75) is 46.1 Å². The van der Waals surface area contributed by atoms with Gasteiger partial charge in [-0.3, -0.25) is 4.79 Å². The Labute approximate surface area is 174 Å². The molecule has 2 N–H and O–H groups in total. The minimum atomic E-state index is -0.0133. The largest absolute Gasteiger partial charge is 0.356 e. The number of aliphatic imine (C=N–C) groups is 1. The van der Waals surface area contributed by atoms with E-state index in [1.54, 1.807) is 25.3 Å². The highest BCUT2D eigenvalue weighted by atomic mass is 16.2. The van der Waals surface area contributed by atoms with Crippen LogP contribution in [0.5, 0.6) is 0 Å². The Morgan fingerprint density at radius 3 is 2.66 bits per heavy atom. The van der Waals surface area contributed by atoms with Gasteiger partial charge in [0.1, 0.15) is 18.7 Å². The van der Waals surface area contributed by atoms with E-state index in [1.165, 1.54) is 25.9 Å². The van der Waals surface area contributed by atoms with Crippen molar-refractivity contribution in [1.29, 1.82) is 0 Å². The van der Waals surface area contributed by atoms with Gasteiger partial charge in [0.2, 0.25) is 5.91 Å². The van der Waals surface area contributed by atoms with Crippen LogP contribution in [0, 0.1) is 5.92 Å². The van der Waals surface area contributed by atoms with E-state index in [-0.39, 0.29) is 12.5 Å². The number of hydrogen-bond acceptors (Lipinski definition) is 5. The van der Waals surface area contributed by atoms with Crippen molar-refractivity contribution in [3.8, 4) is 0 Å². The number of guanidine groups is 1. The molecule has 1 aliphatic rings. The lowest BCUT2D eigenvalue weighted by Gasteiger charge is -2.30. The van der Waals surface area contributed by atoms with Gasteiger partial charge in [0, 0.05) is 40.2 Å². The number of aromatic nitrogens is 3. The third-order valence-electron chi connectivity index (χ3n) is 5.35. The van der Waals surface area contributed by atoms with Gasteiger partial charge in [0.15, 0.2) is 5.96 Å². The number of likely N-dealkylation sites (tertiary alicyclic amines) is 1. The summed E-state index contributed by atoms with van der Waals surface area (Å²) in [6.45, 7) is 10.3. The number of carbonyl (C=O) groups is 1. The standard InChI is InChI=1S/C20H38N8O/c1-5-18-25-24-16-28(18)14-10-22-20(23-15-19(29)26(3)4)21-9-6-11-27-12-7-17(2)8-13-27/h16-17H,5-15H2,1-4H3,(H2,21,22,23). The molecule has 1 aromatic rings. The van der Waals surface area contributed by atoms with E-state index in [9.17, 15) is 4.79 Å². The van der Waals surface area contributed by atoms with E-state index in [0.717, 1.165) is 44.2 Å². The molecule has 0 radical (unpaired) electrons. The number of rotatable bonds is 10. The van der Waals surface area contributed by atoms with E-state index in [1.807, 2.05) is 4.57 Å². The molecule has 0 spiro atoms. The van der Waals surface area contributed by atoms with Crippen molar-refractivity contribution in [3.63, 3.8) is 0 Å². The summed E-state index contributed by atoms with van der Waals surface area (Å²) < 4.78 is 2.03. The summed E-state index contributed by atoms with van der Waals surface area (Å²) in [5.74, 6) is 2.50. The van der Waals surface area contributed by atoms with Crippen molar-refractivity contribution < 1.29 is 4.79 Å². The molecule has 164 valence electrons. The first kappa shape index (κ1) is 23.1. The highest BCUT2D eigenvalue weighted by Crippen LogP contribution is 2.15. The summed E-state index contributed by atoms with van der Waals surface area (Å²) in [6, 6.07) is 0. The molecule has 29 heavy (non-hydrogen) atoms. The van der Waals surface area contributed by atoms with Crippen LogP contribution in [0.15, 0.2) is 11.3 Å². The first-order chi connectivity index (χ1) is 14.0. The van der Waals surface area contributed by atoms with E-state index in [0.29, 0.717) is 12.5 Å². The molecule has 1 aliphatic heterocycles. The molecule has 9 heteroatoms. The summed E-state index contributed by atoms with van der Waals surface area (Å²) >= 11 is 0. The molecular weight excluding hydrogens is 368 g/mol. The zero-order valence-corrected chi connectivity index (χ0v) is 18.5. The van der Waals surface area contributed by atoms with Gasteiger partial charge >= 0.3 is 0 Å². The predicted octanol–water partition coefficient (Wildman–Crippen LogP) is 0.586. The van der Waals surface area contributed by atoms with Crippen LogP contribution < -0.4 is 10.6 Å². The van der Waals surface area contributed by atoms with E-state index in [2.05, 4.69) is 44.6 Å². The molecule has 1 aromatic heterocycles. The minimum absolute atomic E-state index is 0.0133. The van der Waals surface area contributed by atoms with Crippen molar-refractivity contribution >= 4 is 11.9 Å². The quantitative estimate of drug-likeness (QED) is 0.336. The van der Waals surface area contributed by atoms with Gasteiger partial charge in [-0.1, -0.05) is 13.8 Å². The molecule has 2 heterocycles. The second kappa shape index (κ2) is 12.4. The lowest BCUT2D eigenvalue weighted by Crippen LogP contribution is -2.41. The van der Waals surface area contributed by atoms with Crippen LogP contribution in [-0.4, -0.2) is 89.8 Å². The van der Waals surface area contributed by atoms with Crippen LogP contribution in [0.1, 0.15) is 38.9 Å². The molecule has 2 rings (SSSR count). The summed E-state index contributed by atoms with van der Waals surface area (Å²) in [6.07, 6.45) is 6.27. The number of nitrogens with one attached hydrogen (secondary N) is 2. The van der Waals surface area contributed by atoms with E-state index in [4.69, 9.17) is 0 Å². The van der Waals surface area contributed by atoms with Gasteiger partial charge in [-0.05, 0) is 44.8 Å². The van der Waals surface area contributed by atoms with Crippen molar-refractivity contribution in [2.24, 2.45) is 10.9 Å². The monoisotopic (exact) mass is 406 g/mol. The third kappa shape index (κ3) is 8.39. The Kier molecular flexibility index (Phi) is 9.90. The van der Waals surface area contributed by atoms with Crippen LogP contribution in [0.25, 0.3) is 0 Å². The molecule has 0 saturated carbocycles. The number of amides is 1. The molecule has 1 fully saturated rings. The van der Waals surface area contributed by atoms with Gasteiger partial charge in [0.05, 0.1) is 0 Å². The van der Waals surface area contributed by atoms with Gasteiger partial charge in [-0.15, -0.1) is 10.2 Å². The molecular formula is C20H38N8O. The van der Waals surface area contributed by atoms with Crippen LogP contribution in [-0.2, 0) is 17.8 Å². The second-order valence-corrected chi connectivity index (χ2v) is 7.98. The zero-order valence-electron chi connectivity index (χ0n) is 18.5. The van der Waals surface area contributed by atoms with Crippen LogP contribution in [0.4, 0.5) is 0 Å². The number of hydrogen-bond donors (Lipinski definition) is 2. The molecule has 0 aromatic carbocycles. The normalized spacial score (nSPS) is 16.1. The van der Waals surface area contributed by atoms with Crippen LogP contribution in [0.2, 0.25) is 0 Å². The Bertz CT molecular complexity index is 634. The van der Waals surface area contributed by atoms with E-state index >= 15 is 0 Å². The highest BCUT2D eigenvalue weighted by molar-refractivity contribution is 5.84. The Morgan fingerprint density at radius 2 is 1.97 bits per heavy atom. The summed E-state index contributed by atoms with van der Waals surface area (Å²) in [5, 5.41) is 14.8. The highest BCUT2D eigenvalue weighted by Gasteiger charge is 2.14. The number of piperidine rings is 1. The Morgan fingerprint density at radius 1 is 1.24 bits per heavy atom. The van der Waals surface area contributed by atoms with Gasteiger partial charge in [-0.25, -0.2) is 4.99 Å². The molecule has 9 nitrogen and oxygen atoms in total. The Hall–Kier alpha value is -2.16. The lowest BCUT2D eigenvalue weighted by molar-refractivity contribution is -0.127. The van der Waals surface area contributed by atoms with Gasteiger partial charge in [0.25, 0.3) is 0 Å². The minimum Gasteiger partial charge on any atom is -0.356 e. The van der Waals surface area contributed by atoms with Crippen molar-refractivity contribution in [1.82, 2.24) is 35.2 Å². The number of likely N-dealkylation sites (N-methyl/N-ethyl adjacent to an activating group) is 1. The Balaban J connectivity index is 1.77. The number of aryl methyl sites for hydroxylation is 1. The zero-order chi connectivity index (χ0) is 21.1. The summed E-state index contributed by atoms with van der Waals surface area (Å²) in [4.78, 5) is 20.4. The van der Waals surface area contributed by atoms with E-state index < -0.39 is 0 Å². The topological polar surface area (TPSA) is 90.7 Å². The lowest BCUT2D eigenvalue weighted by atomic mass is 9.99. The maximum atomic E-state index is 11.9. The van der Waals surface area contributed by atoms with Crippen molar-refractivity contribution in [2.75, 3.05) is 53.4 Å². The molecule has 1 amide bonds. The third-order valence-corrected chi connectivity index (χ3v) is 5.35. The summed E-state index contributed by atoms with van der Waals surface area (Å²) in [7, 11) is 3.49. The predicted molar refractivity (Wildman–Crippen MR) is 116 cm³/mol. The summed E-state index contributed by atoms with van der Waals surface area (Å²) in [5.41, 5.74) is 0. The maximum Gasteiger partial charge on any atom is 0.243 e. The van der Waals surface area contributed by atoms with Gasteiger partial charge in [-0.2, -0.15) is 0 Å². The first-order valence-corrected chi connectivity index (χ1v) is 10.8. The average Bonchev–Trinajstić information content (AvgIpc) is 3.17. The molecule has 0 atom stereocenters. The fourth-order valence-corrected chi connectivity index (χ4v) is 3.29.